The van der Waals surface area contributed by atoms with Gasteiger partial charge >= 0.3 is 5.97 Å². The minimum atomic E-state index is -1.12. The number of carbonyl (C=O) groups is 2. The van der Waals surface area contributed by atoms with Gasteiger partial charge in [0, 0.05) is 5.92 Å². The molecule has 1 fully saturated rings. The van der Waals surface area contributed by atoms with Crippen molar-refractivity contribution in [3.05, 3.63) is 0 Å². The summed E-state index contributed by atoms with van der Waals surface area (Å²) < 4.78 is 0. The van der Waals surface area contributed by atoms with Gasteiger partial charge in [0.05, 0.1) is 0 Å². The van der Waals surface area contributed by atoms with E-state index in [1.54, 1.807) is 13.8 Å². The Balaban J connectivity index is 2.85. The molecule has 0 heterocycles. The second-order valence-electron chi connectivity index (χ2n) is 4.79. The van der Waals surface area contributed by atoms with Crippen molar-refractivity contribution >= 4 is 11.8 Å². The number of hydrogen-bond donors (Lipinski definition) is 1. The monoisotopic (exact) mass is 226 g/mol. The van der Waals surface area contributed by atoms with E-state index in [1.165, 1.54) is 6.42 Å². The molecule has 0 spiro atoms. The molecule has 0 saturated heterocycles. The van der Waals surface area contributed by atoms with Crippen molar-refractivity contribution in [3.8, 4) is 0 Å². The second-order valence-corrected chi connectivity index (χ2v) is 4.79. The Morgan fingerprint density at radius 2 is 1.62 bits per heavy atom. The molecular weight excluding hydrogens is 204 g/mol. The van der Waals surface area contributed by atoms with E-state index < -0.39 is 11.4 Å². The fourth-order valence-electron chi connectivity index (χ4n) is 2.76. The Bertz CT molecular complexity index is 260. The van der Waals surface area contributed by atoms with Crippen LogP contribution in [0, 0.1) is 11.3 Å². The summed E-state index contributed by atoms with van der Waals surface area (Å²) in [5, 5.41) is 9.30. The van der Waals surface area contributed by atoms with Gasteiger partial charge in [-0.25, -0.2) is 0 Å². The summed E-state index contributed by atoms with van der Waals surface area (Å²) in [6, 6.07) is 0. The molecule has 0 aliphatic heterocycles. The number of ketones is 1. The first-order valence-corrected chi connectivity index (χ1v) is 6.36. The molecule has 16 heavy (non-hydrogen) atoms. The molecule has 0 aromatic carbocycles. The molecule has 0 bridgehead atoms. The quantitative estimate of drug-likeness (QED) is 0.733. The molecule has 1 aliphatic rings. The molecular formula is C13H22O3. The Morgan fingerprint density at radius 1 is 1.12 bits per heavy atom. The normalized spacial score (nSPS) is 18.4. The van der Waals surface area contributed by atoms with Gasteiger partial charge in [0.1, 0.15) is 5.41 Å². The summed E-state index contributed by atoms with van der Waals surface area (Å²) in [5.74, 6) is -0.970. The smallest absolute Gasteiger partial charge is 0.317 e. The molecule has 0 radical (unpaired) electrons. The maximum Gasteiger partial charge on any atom is 0.317 e. The number of carbonyl (C=O) groups excluding carboxylic acids is 1. The van der Waals surface area contributed by atoms with E-state index in [0.29, 0.717) is 12.8 Å². The van der Waals surface area contributed by atoms with Crippen LogP contribution in [0.15, 0.2) is 0 Å². The van der Waals surface area contributed by atoms with Crippen molar-refractivity contribution in [1.82, 2.24) is 0 Å². The summed E-state index contributed by atoms with van der Waals surface area (Å²) >= 11 is 0. The highest BCUT2D eigenvalue weighted by Crippen LogP contribution is 2.36. The van der Waals surface area contributed by atoms with Crippen molar-refractivity contribution in [3.63, 3.8) is 0 Å². The van der Waals surface area contributed by atoms with Crippen LogP contribution in [0.5, 0.6) is 0 Å². The minimum absolute atomic E-state index is 0.00949. The molecule has 1 saturated carbocycles. The van der Waals surface area contributed by atoms with Gasteiger partial charge in [0.25, 0.3) is 0 Å². The Hall–Kier alpha value is -0.860. The zero-order valence-electron chi connectivity index (χ0n) is 10.3. The third-order valence-corrected chi connectivity index (χ3v) is 4.06. The van der Waals surface area contributed by atoms with Gasteiger partial charge < -0.3 is 5.11 Å². The summed E-state index contributed by atoms with van der Waals surface area (Å²) in [5.41, 5.74) is -1.12. The van der Waals surface area contributed by atoms with Gasteiger partial charge in [-0.1, -0.05) is 33.1 Å². The highest BCUT2D eigenvalue weighted by atomic mass is 16.4. The summed E-state index contributed by atoms with van der Waals surface area (Å²) in [7, 11) is 0. The van der Waals surface area contributed by atoms with E-state index in [2.05, 4.69) is 0 Å². The maximum atomic E-state index is 12.3. The number of aliphatic carboxylic acids is 1. The fraction of sp³-hybridized carbons (Fsp3) is 0.846. The molecule has 0 aromatic rings. The molecule has 0 unspecified atom stereocenters. The second kappa shape index (κ2) is 5.46. The zero-order chi connectivity index (χ0) is 12.2. The lowest BCUT2D eigenvalue weighted by molar-refractivity contribution is -0.157. The molecule has 0 atom stereocenters. The van der Waals surface area contributed by atoms with E-state index in [4.69, 9.17) is 0 Å². The number of Topliss-reactive ketones (excluding diaryl/α,β-unsaturated/α-hetero) is 1. The first-order chi connectivity index (χ1) is 7.58. The van der Waals surface area contributed by atoms with Gasteiger partial charge in [-0.2, -0.15) is 0 Å². The topological polar surface area (TPSA) is 54.4 Å². The van der Waals surface area contributed by atoms with Crippen molar-refractivity contribution in [2.75, 3.05) is 0 Å². The molecule has 1 aliphatic carbocycles. The van der Waals surface area contributed by atoms with Gasteiger partial charge in [-0.3, -0.25) is 9.59 Å². The minimum Gasteiger partial charge on any atom is -0.480 e. The Kier molecular flexibility index (Phi) is 4.51. The van der Waals surface area contributed by atoms with Gasteiger partial charge in [-0.15, -0.1) is 0 Å². The third-order valence-electron chi connectivity index (χ3n) is 4.06. The van der Waals surface area contributed by atoms with Crippen LogP contribution < -0.4 is 0 Å². The fourth-order valence-corrected chi connectivity index (χ4v) is 2.76. The SMILES string of the molecule is CCC(CC)(C(=O)O)C(=O)C1CCCCC1. The zero-order valence-corrected chi connectivity index (χ0v) is 10.3. The van der Waals surface area contributed by atoms with E-state index in [1.807, 2.05) is 0 Å². The number of carboxylic acid groups (broad SMARTS) is 1. The first-order valence-electron chi connectivity index (χ1n) is 6.36. The van der Waals surface area contributed by atoms with Crippen molar-refractivity contribution in [2.24, 2.45) is 11.3 Å². The van der Waals surface area contributed by atoms with E-state index in [-0.39, 0.29) is 11.7 Å². The van der Waals surface area contributed by atoms with Crippen molar-refractivity contribution < 1.29 is 14.7 Å². The van der Waals surface area contributed by atoms with Gasteiger partial charge in [0.2, 0.25) is 0 Å². The summed E-state index contributed by atoms with van der Waals surface area (Å²) in [6.07, 6.45) is 5.91. The average molecular weight is 226 g/mol. The predicted molar refractivity (Wildman–Crippen MR) is 62.2 cm³/mol. The molecule has 1 N–H and O–H groups in total. The molecule has 3 heteroatoms. The van der Waals surface area contributed by atoms with Crippen LogP contribution >= 0.6 is 0 Å². The van der Waals surface area contributed by atoms with Gasteiger partial charge in [0.15, 0.2) is 5.78 Å². The van der Waals surface area contributed by atoms with E-state index >= 15 is 0 Å². The number of carboxylic acids is 1. The van der Waals surface area contributed by atoms with Crippen LogP contribution in [0.3, 0.4) is 0 Å². The maximum absolute atomic E-state index is 12.3. The van der Waals surface area contributed by atoms with Crippen LogP contribution in [-0.4, -0.2) is 16.9 Å². The number of hydrogen-bond acceptors (Lipinski definition) is 2. The molecule has 0 aromatic heterocycles. The molecule has 3 nitrogen and oxygen atoms in total. The van der Waals surface area contributed by atoms with Crippen molar-refractivity contribution in [2.45, 2.75) is 58.8 Å². The highest BCUT2D eigenvalue weighted by molar-refractivity contribution is 6.04. The van der Waals surface area contributed by atoms with Crippen LogP contribution in [0.1, 0.15) is 58.8 Å². The summed E-state index contributed by atoms with van der Waals surface area (Å²) in [4.78, 5) is 23.7. The van der Waals surface area contributed by atoms with Crippen LogP contribution in [-0.2, 0) is 9.59 Å². The Labute approximate surface area is 97.2 Å². The Morgan fingerprint density at radius 3 is 2.00 bits per heavy atom. The summed E-state index contributed by atoms with van der Waals surface area (Å²) in [6.45, 7) is 3.61. The molecule has 1 rings (SSSR count). The first kappa shape index (κ1) is 13.2. The molecule has 0 amide bonds. The predicted octanol–water partition coefficient (Wildman–Crippen LogP) is 3.03. The van der Waals surface area contributed by atoms with E-state index in [0.717, 1.165) is 25.7 Å². The van der Waals surface area contributed by atoms with E-state index in [9.17, 15) is 14.7 Å². The number of rotatable bonds is 5. The van der Waals surface area contributed by atoms with Gasteiger partial charge in [-0.05, 0) is 25.7 Å². The van der Waals surface area contributed by atoms with Crippen LogP contribution in [0.25, 0.3) is 0 Å². The highest BCUT2D eigenvalue weighted by Gasteiger charge is 2.45. The molecule has 92 valence electrons. The lowest BCUT2D eigenvalue weighted by Crippen LogP contribution is -2.42. The van der Waals surface area contributed by atoms with Crippen molar-refractivity contribution in [1.29, 1.82) is 0 Å². The largest absolute Gasteiger partial charge is 0.480 e. The van der Waals surface area contributed by atoms with Crippen LogP contribution in [0.4, 0.5) is 0 Å². The average Bonchev–Trinajstić information content (AvgIpc) is 2.32. The lowest BCUT2D eigenvalue weighted by Gasteiger charge is -2.31. The van der Waals surface area contributed by atoms with Crippen LogP contribution in [0.2, 0.25) is 0 Å². The standard InChI is InChI=1S/C13H22O3/c1-3-13(4-2,12(15)16)11(14)10-8-6-5-7-9-10/h10H,3-9H2,1-2H3,(H,15,16). The third kappa shape index (κ3) is 2.28. The lowest BCUT2D eigenvalue weighted by atomic mass is 9.70.